The Kier molecular flexibility index (Phi) is 6.88. The van der Waals surface area contributed by atoms with E-state index in [4.69, 9.17) is 4.84 Å². The molecule has 176 valence electrons. The maximum atomic E-state index is 14.5. The molecule has 0 spiro atoms. The van der Waals surface area contributed by atoms with Crippen LogP contribution in [0.2, 0.25) is 0 Å². The van der Waals surface area contributed by atoms with Crippen LogP contribution in [0.4, 0.5) is 23.2 Å². The normalized spacial score (nSPS) is 19.9. The van der Waals surface area contributed by atoms with Crippen LogP contribution < -0.4 is 5.32 Å². The number of likely N-dealkylation sites (tertiary alicyclic amines) is 1. The lowest BCUT2D eigenvalue weighted by atomic mass is 10.0. The minimum Gasteiger partial charge on any atom is -0.391 e. The number of hydrogen-bond acceptors (Lipinski definition) is 4. The van der Waals surface area contributed by atoms with Crippen molar-refractivity contribution in [2.24, 2.45) is 5.16 Å². The minimum absolute atomic E-state index is 0.206. The predicted octanol–water partition coefficient (Wildman–Crippen LogP) is 5.21. The first-order chi connectivity index (χ1) is 15.8. The highest BCUT2D eigenvalue weighted by Gasteiger charge is 2.31. The number of halogens is 4. The average Bonchev–Trinajstić information content (AvgIpc) is 3.11. The number of alkyl halides is 4. The summed E-state index contributed by atoms with van der Waals surface area (Å²) in [7, 11) is 1.87. The number of nitrogens with zero attached hydrogens (tertiary/aromatic N) is 3. The molecule has 1 aliphatic heterocycles. The van der Waals surface area contributed by atoms with Crippen molar-refractivity contribution in [3.05, 3.63) is 65.9 Å². The van der Waals surface area contributed by atoms with Gasteiger partial charge in [-0.3, -0.25) is 0 Å². The van der Waals surface area contributed by atoms with Crippen molar-refractivity contribution < 1.29 is 22.4 Å². The summed E-state index contributed by atoms with van der Waals surface area (Å²) in [6.45, 7) is 0.108. The molecule has 0 amide bonds. The fraction of sp³-hybridized carbons (Fsp3) is 0.375. The summed E-state index contributed by atoms with van der Waals surface area (Å²) in [5.41, 5.74) is 2.15. The zero-order valence-corrected chi connectivity index (χ0v) is 18.2. The van der Waals surface area contributed by atoms with E-state index in [1.165, 1.54) is 6.21 Å². The van der Waals surface area contributed by atoms with Gasteiger partial charge in [-0.1, -0.05) is 41.6 Å². The third kappa shape index (κ3) is 5.84. The highest BCUT2D eigenvalue weighted by Crippen LogP contribution is 2.31. The molecular weight excluding hydrogens is 436 g/mol. The Hall–Kier alpha value is -3.07. The molecule has 4 rings (SSSR count). The molecule has 1 saturated heterocycles. The maximum absolute atomic E-state index is 14.5. The molecule has 1 aromatic heterocycles. The van der Waals surface area contributed by atoms with Crippen molar-refractivity contribution in [2.75, 3.05) is 25.5 Å². The van der Waals surface area contributed by atoms with E-state index >= 15 is 0 Å². The van der Waals surface area contributed by atoms with Gasteiger partial charge < -0.3 is 19.6 Å². The topological polar surface area (TPSA) is 41.8 Å². The van der Waals surface area contributed by atoms with Gasteiger partial charge in [0.2, 0.25) is 0 Å². The van der Waals surface area contributed by atoms with Gasteiger partial charge in [-0.05, 0) is 37.2 Å². The van der Waals surface area contributed by atoms with Crippen LogP contribution in [0.5, 0.6) is 0 Å². The summed E-state index contributed by atoms with van der Waals surface area (Å²) in [5.74, 6) is 0. The molecule has 9 heteroatoms. The Morgan fingerprint density at radius 3 is 2.67 bits per heavy atom. The van der Waals surface area contributed by atoms with Crippen LogP contribution in [0.1, 0.15) is 17.7 Å². The Balaban J connectivity index is 1.60. The number of anilines is 1. The summed E-state index contributed by atoms with van der Waals surface area (Å²) >= 11 is 0. The van der Waals surface area contributed by atoms with E-state index in [1.807, 2.05) is 42.3 Å². The standard InChI is InChI=1S/C24H26F4N4O/c1-31-11-10-22(20(25)14-31)30-21-8-5-9-23-19(21)12-18(32(23)16-24(26,27)28)13-29-33-15-17-6-3-2-4-7-17/h2-9,12-13,20,22,30H,10-11,14-16H2,1H3/b29-13+/t20-,22+/m0/s1. The maximum Gasteiger partial charge on any atom is 0.406 e. The molecule has 1 N–H and O–H groups in total. The van der Waals surface area contributed by atoms with Crippen molar-refractivity contribution in [3.63, 3.8) is 0 Å². The fourth-order valence-electron chi connectivity index (χ4n) is 4.09. The number of aromatic nitrogens is 1. The molecule has 0 aliphatic carbocycles. The lowest BCUT2D eigenvalue weighted by Crippen LogP contribution is -2.46. The lowest BCUT2D eigenvalue weighted by Gasteiger charge is -2.33. The first kappa shape index (κ1) is 23.1. The van der Waals surface area contributed by atoms with Gasteiger partial charge in [0.05, 0.1) is 23.5 Å². The van der Waals surface area contributed by atoms with E-state index in [2.05, 4.69) is 10.5 Å². The third-order valence-electron chi connectivity index (χ3n) is 5.73. The molecule has 0 unspecified atom stereocenters. The van der Waals surface area contributed by atoms with Crippen LogP contribution in [0.15, 0.2) is 59.8 Å². The average molecular weight is 462 g/mol. The smallest absolute Gasteiger partial charge is 0.391 e. The molecule has 1 aliphatic rings. The first-order valence-corrected chi connectivity index (χ1v) is 10.8. The van der Waals surface area contributed by atoms with E-state index < -0.39 is 24.9 Å². The summed E-state index contributed by atoms with van der Waals surface area (Å²) in [4.78, 5) is 7.21. The van der Waals surface area contributed by atoms with Crippen molar-refractivity contribution in [1.29, 1.82) is 0 Å². The van der Waals surface area contributed by atoms with Crippen LogP contribution in [0.25, 0.3) is 10.9 Å². The molecule has 0 bridgehead atoms. The molecule has 1 fully saturated rings. The number of oxime groups is 1. The summed E-state index contributed by atoms with van der Waals surface area (Å²) < 4.78 is 55.7. The third-order valence-corrected chi connectivity index (χ3v) is 5.73. The highest BCUT2D eigenvalue weighted by atomic mass is 19.4. The second-order valence-electron chi connectivity index (χ2n) is 8.32. The van der Waals surface area contributed by atoms with Crippen molar-refractivity contribution in [1.82, 2.24) is 9.47 Å². The second kappa shape index (κ2) is 9.82. The lowest BCUT2D eigenvalue weighted by molar-refractivity contribution is -0.139. The van der Waals surface area contributed by atoms with Gasteiger partial charge in [0, 0.05) is 24.2 Å². The molecule has 3 aromatic rings. The molecule has 33 heavy (non-hydrogen) atoms. The number of rotatable bonds is 7. The van der Waals surface area contributed by atoms with E-state index in [9.17, 15) is 17.6 Å². The zero-order valence-electron chi connectivity index (χ0n) is 18.2. The Morgan fingerprint density at radius 2 is 1.94 bits per heavy atom. The molecule has 0 radical (unpaired) electrons. The largest absolute Gasteiger partial charge is 0.406 e. The van der Waals surface area contributed by atoms with Gasteiger partial charge in [-0.25, -0.2) is 4.39 Å². The van der Waals surface area contributed by atoms with E-state index in [0.29, 0.717) is 29.6 Å². The zero-order chi connectivity index (χ0) is 23.4. The minimum atomic E-state index is -4.42. The molecular formula is C24H26F4N4O. The second-order valence-corrected chi connectivity index (χ2v) is 8.32. The first-order valence-electron chi connectivity index (χ1n) is 10.8. The Bertz CT molecular complexity index is 1100. The Morgan fingerprint density at radius 1 is 1.15 bits per heavy atom. The quantitative estimate of drug-likeness (QED) is 0.298. The van der Waals surface area contributed by atoms with Gasteiger partial charge in [0.15, 0.2) is 0 Å². The number of nitrogens with one attached hydrogen (secondary N) is 1. The van der Waals surface area contributed by atoms with Crippen LogP contribution in [0, 0.1) is 0 Å². The van der Waals surface area contributed by atoms with Crippen molar-refractivity contribution >= 4 is 22.8 Å². The van der Waals surface area contributed by atoms with E-state index in [-0.39, 0.29) is 12.3 Å². The molecule has 2 heterocycles. The number of fused-ring (bicyclic) bond motifs is 1. The van der Waals surface area contributed by atoms with E-state index in [0.717, 1.165) is 16.7 Å². The molecule has 2 aromatic carbocycles. The molecule has 2 atom stereocenters. The van der Waals surface area contributed by atoms with Gasteiger partial charge in [-0.15, -0.1) is 0 Å². The highest BCUT2D eigenvalue weighted by molar-refractivity contribution is 5.98. The fourth-order valence-corrected chi connectivity index (χ4v) is 4.09. The van der Waals surface area contributed by atoms with Gasteiger partial charge in [0.1, 0.15) is 19.3 Å². The molecule has 5 nitrogen and oxygen atoms in total. The van der Waals surface area contributed by atoms with Crippen LogP contribution >= 0.6 is 0 Å². The summed E-state index contributed by atoms with van der Waals surface area (Å²) in [6, 6.07) is 15.6. The van der Waals surface area contributed by atoms with Gasteiger partial charge in [0.25, 0.3) is 0 Å². The van der Waals surface area contributed by atoms with Crippen molar-refractivity contribution in [2.45, 2.75) is 38.0 Å². The molecule has 0 saturated carbocycles. The van der Waals surface area contributed by atoms with Gasteiger partial charge in [-0.2, -0.15) is 13.2 Å². The van der Waals surface area contributed by atoms with Crippen molar-refractivity contribution in [3.8, 4) is 0 Å². The van der Waals surface area contributed by atoms with Crippen LogP contribution in [-0.4, -0.2) is 54.2 Å². The Labute approximate surface area is 189 Å². The van der Waals surface area contributed by atoms with Gasteiger partial charge >= 0.3 is 6.18 Å². The SMILES string of the molecule is CN1CC[C@@H](Nc2cccc3c2cc(/C=N/OCc2ccccc2)n3CC(F)(F)F)[C@@H](F)C1. The predicted molar refractivity (Wildman–Crippen MR) is 121 cm³/mol. The summed E-state index contributed by atoms with van der Waals surface area (Å²) in [5, 5.41) is 7.68. The monoisotopic (exact) mass is 462 g/mol. The number of piperidine rings is 1. The van der Waals surface area contributed by atoms with Crippen LogP contribution in [-0.2, 0) is 18.0 Å². The van der Waals surface area contributed by atoms with Crippen LogP contribution in [0.3, 0.4) is 0 Å². The van der Waals surface area contributed by atoms with E-state index in [1.54, 1.807) is 24.3 Å². The number of hydrogen-bond donors (Lipinski definition) is 1. The summed E-state index contributed by atoms with van der Waals surface area (Å²) in [6.07, 6.45) is -3.59. The number of benzene rings is 2.